The molecule has 0 bridgehead atoms. The number of fused-ring (bicyclic) bond motifs is 1. The summed E-state index contributed by atoms with van der Waals surface area (Å²) in [5.74, 6) is 0.274. The summed E-state index contributed by atoms with van der Waals surface area (Å²) in [4.78, 5) is 17.6. The van der Waals surface area contributed by atoms with Gasteiger partial charge in [0.2, 0.25) is 0 Å². The number of nitrogens with one attached hydrogen (secondary N) is 1. The molecule has 0 amide bonds. The van der Waals surface area contributed by atoms with Crippen LogP contribution in [0.3, 0.4) is 0 Å². The molecule has 3 aliphatic rings. The van der Waals surface area contributed by atoms with Crippen molar-refractivity contribution in [2.24, 2.45) is 0 Å². The molecular weight excluding hydrogens is 298 g/mol. The van der Waals surface area contributed by atoms with E-state index in [0.717, 1.165) is 50.7 Å². The number of anilines is 1. The largest absolute Gasteiger partial charge is 0.384 e. The maximum atomic E-state index is 12.6. The van der Waals surface area contributed by atoms with E-state index in [-0.39, 0.29) is 5.78 Å². The highest BCUT2D eigenvalue weighted by Gasteiger charge is 2.26. The van der Waals surface area contributed by atoms with Gasteiger partial charge in [0, 0.05) is 50.0 Å². The van der Waals surface area contributed by atoms with Gasteiger partial charge in [0.1, 0.15) is 0 Å². The fourth-order valence-corrected chi connectivity index (χ4v) is 4.51. The average Bonchev–Trinajstić information content (AvgIpc) is 3.11. The molecule has 0 aromatic heterocycles. The van der Waals surface area contributed by atoms with E-state index in [4.69, 9.17) is 0 Å². The van der Waals surface area contributed by atoms with Gasteiger partial charge in [0.25, 0.3) is 0 Å². The van der Waals surface area contributed by atoms with Gasteiger partial charge in [-0.2, -0.15) is 0 Å². The Morgan fingerprint density at radius 3 is 2.67 bits per heavy atom. The summed E-state index contributed by atoms with van der Waals surface area (Å²) in [5, 5.41) is 3.36. The van der Waals surface area contributed by atoms with Crippen LogP contribution >= 0.6 is 0 Å². The van der Waals surface area contributed by atoms with Gasteiger partial charge in [-0.25, -0.2) is 0 Å². The van der Waals surface area contributed by atoms with E-state index in [0.29, 0.717) is 6.54 Å². The molecule has 24 heavy (non-hydrogen) atoms. The third-order valence-corrected chi connectivity index (χ3v) is 6.00. The summed E-state index contributed by atoms with van der Waals surface area (Å²) in [6, 6.07) is 6.95. The normalized spacial score (nSPS) is 23.0. The molecule has 1 aromatic carbocycles. The summed E-state index contributed by atoms with van der Waals surface area (Å²) in [7, 11) is 0. The van der Waals surface area contributed by atoms with Crippen LogP contribution in [0, 0.1) is 0 Å². The first-order valence-corrected chi connectivity index (χ1v) is 9.66. The molecule has 4 nitrogen and oxygen atoms in total. The lowest BCUT2D eigenvalue weighted by Crippen LogP contribution is -2.51. The van der Waals surface area contributed by atoms with E-state index in [1.54, 1.807) is 0 Å². The zero-order valence-electron chi connectivity index (χ0n) is 14.6. The SMILES string of the molecule is O=C(CN1CCN(C2CCCCC2)CC1)c1ccc2c(c1)CCN2. The predicted molar refractivity (Wildman–Crippen MR) is 97.9 cm³/mol. The Morgan fingerprint density at radius 2 is 1.88 bits per heavy atom. The van der Waals surface area contributed by atoms with Gasteiger partial charge < -0.3 is 5.32 Å². The second kappa shape index (κ2) is 7.24. The van der Waals surface area contributed by atoms with E-state index in [1.807, 2.05) is 6.07 Å². The summed E-state index contributed by atoms with van der Waals surface area (Å²) in [6.45, 7) is 5.91. The molecule has 2 fully saturated rings. The summed E-state index contributed by atoms with van der Waals surface area (Å²) in [6.07, 6.45) is 8.01. The molecule has 1 saturated carbocycles. The van der Waals surface area contributed by atoms with Crippen LogP contribution in [0.15, 0.2) is 18.2 Å². The predicted octanol–water partition coefficient (Wildman–Crippen LogP) is 2.79. The fourth-order valence-electron chi connectivity index (χ4n) is 4.51. The Kier molecular flexibility index (Phi) is 4.86. The highest BCUT2D eigenvalue weighted by atomic mass is 16.1. The van der Waals surface area contributed by atoms with E-state index in [9.17, 15) is 4.79 Å². The van der Waals surface area contributed by atoms with Crippen LogP contribution in [-0.2, 0) is 6.42 Å². The molecule has 1 aromatic rings. The van der Waals surface area contributed by atoms with Crippen molar-refractivity contribution in [3.8, 4) is 0 Å². The van der Waals surface area contributed by atoms with E-state index < -0.39 is 0 Å². The van der Waals surface area contributed by atoms with Crippen molar-refractivity contribution in [2.75, 3.05) is 44.6 Å². The van der Waals surface area contributed by atoms with Crippen molar-refractivity contribution in [1.29, 1.82) is 0 Å². The average molecular weight is 327 g/mol. The number of nitrogens with zero attached hydrogens (tertiary/aromatic N) is 2. The third-order valence-electron chi connectivity index (χ3n) is 6.00. The summed E-state index contributed by atoms with van der Waals surface area (Å²) in [5.41, 5.74) is 3.38. The Morgan fingerprint density at radius 1 is 1.08 bits per heavy atom. The lowest BCUT2D eigenvalue weighted by atomic mass is 9.94. The first kappa shape index (κ1) is 16.1. The number of benzene rings is 1. The number of ketones is 1. The monoisotopic (exact) mass is 327 g/mol. The lowest BCUT2D eigenvalue weighted by molar-refractivity contribution is 0.0691. The molecular formula is C20H29N3O. The summed E-state index contributed by atoms with van der Waals surface area (Å²) < 4.78 is 0. The van der Waals surface area contributed by atoms with Crippen molar-refractivity contribution < 1.29 is 4.79 Å². The van der Waals surface area contributed by atoms with E-state index in [2.05, 4.69) is 27.2 Å². The molecule has 4 heteroatoms. The molecule has 1 aliphatic carbocycles. The van der Waals surface area contributed by atoms with Gasteiger partial charge >= 0.3 is 0 Å². The number of carbonyl (C=O) groups excluding carboxylic acids is 1. The zero-order chi connectivity index (χ0) is 16.4. The highest BCUT2D eigenvalue weighted by Crippen LogP contribution is 2.25. The van der Waals surface area contributed by atoms with Crippen molar-refractivity contribution in [3.05, 3.63) is 29.3 Å². The molecule has 0 radical (unpaired) electrons. The molecule has 1 saturated heterocycles. The van der Waals surface area contributed by atoms with Gasteiger partial charge in [0.15, 0.2) is 5.78 Å². The second-order valence-electron chi connectivity index (χ2n) is 7.58. The number of hydrogen-bond donors (Lipinski definition) is 1. The van der Waals surface area contributed by atoms with Crippen LogP contribution in [0.25, 0.3) is 0 Å². The smallest absolute Gasteiger partial charge is 0.176 e. The minimum atomic E-state index is 0.274. The van der Waals surface area contributed by atoms with Crippen LogP contribution < -0.4 is 5.32 Å². The van der Waals surface area contributed by atoms with E-state index >= 15 is 0 Å². The van der Waals surface area contributed by atoms with Crippen LogP contribution in [-0.4, -0.2) is 60.9 Å². The second-order valence-corrected chi connectivity index (χ2v) is 7.58. The number of hydrogen-bond acceptors (Lipinski definition) is 4. The molecule has 130 valence electrons. The van der Waals surface area contributed by atoms with Crippen molar-refractivity contribution >= 4 is 11.5 Å². The Hall–Kier alpha value is -1.39. The van der Waals surface area contributed by atoms with Gasteiger partial charge in [0.05, 0.1) is 6.54 Å². The van der Waals surface area contributed by atoms with Gasteiger partial charge in [-0.05, 0) is 43.0 Å². The van der Waals surface area contributed by atoms with Crippen LogP contribution in [0.1, 0.15) is 48.0 Å². The molecule has 0 atom stereocenters. The maximum Gasteiger partial charge on any atom is 0.176 e. The molecule has 2 aliphatic heterocycles. The van der Waals surface area contributed by atoms with Crippen LogP contribution in [0.2, 0.25) is 0 Å². The molecule has 0 spiro atoms. The van der Waals surface area contributed by atoms with Gasteiger partial charge in [-0.3, -0.25) is 14.6 Å². The standard InChI is InChI=1S/C20H29N3O/c24-20(17-6-7-19-16(14-17)8-9-21-19)15-22-10-12-23(13-11-22)18-4-2-1-3-5-18/h6-7,14,18,21H,1-5,8-13,15H2. The van der Waals surface area contributed by atoms with Gasteiger partial charge in [-0.1, -0.05) is 19.3 Å². The topological polar surface area (TPSA) is 35.6 Å². The first-order chi connectivity index (χ1) is 11.8. The number of Topliss-reactive ketones (excluding diaryl/α,β-unsaturated/α-hetero) is 1. The lowest BCUT2D eigenvalue weighted by Gasteiger charge is -2.40. The van der Waals surface area contributed by atoms with Crippen LogP contribution in [0.5, 0.6) is 0 Å². The minimum Gasteiger partial charge on any atom is -0.384 e. The molecule has 4 rings (SSSR count). The maximum absolute atomic E-state index is 12.6. The van der Waals surface area contributed by atoms with Crippen molar-refractivity contribution in [3.63, 3.8) is 0 Å². The van der Waals surface area contributed by atoms with E-state index in [1.165, 1.54) is 43.4 Å². The number of rotatable bonds is 4. The number of carbonyl (C=O) groups is 1. The van der Waals surface area contributed by atoms with Crippen molar-refractivity contribution in [1.82, 2.24) is 9.80 Å². The molecule has 1 N–H and O–H groups in total. The quantitative estimate of drug-likeness (QED) is 0.863. The fraction of sp³-hybridized carbons (Fsp3) is 0.650. The Bertz CT molecular complexity index is 587. The van der Waals surface area contributed by atoms with Crippen molar-refractivity contribution in [2.45, 2.75) is 44.6 Å². The van der Waals surface area contributed by atoms with Gasteiger partial charge in [-0.15, -0.1) is 0 Å². The Balaban J connectivity index is 1.29. The Labute approximate surface area is 145 Å². The highest BCUT2D eigenvalue weighted by molar-refractivity contribution is 5.98. The number of piperazine rings is 1. The first-order valence-electron chi connectivity index (χ1n) is 9.66. The van der Waals surface area contributed by atoms with Crippen LogP contribution in [0.4, 0.5) is 5.69 Å². The third kappa shape index (κ3) is 3.50. The molecule has 2 heterocycles. The molecule has 0 unspecified atom stereocenters. The summed E-state index contributed by atoms with van der Waals surface area (Å²) >= 11 is 0. The minimum absolute atomic E-state index is 0.274. The zero-order valence-corrected chi connectivity index (χ0v) is 14.6.